The predicted octanol–water partition coefficient (Wildman–Crippen LogP) is 0.0499. The van der Waals surface area contributed by atoms with Gasteiger partial charge in [0.1, 0.15) is 41.1 Å². The lowest BCUT2D eigenvalue weighted by molar-refractivity contribution is -0.277. The molecule has 0 aliphatic carbocycles. The molecule has 1 aliphatic rings. The maximum Gasteiger partial charge on any atom is 0.229 e. The number of hydrogen-bond acceptors (Lipinski definition) is 10. The van der Waals surface area contributed by atoms with E-state index in [0.29, 0.717) is 5.56 Å². The van der Waals surface area contributed by atoms with E-state index in [9.17, 15) is 35.4 Å². The Morgan fingerprint density at radius 2 is 1.65 bits per heavy atom. The molecule has 5 atom stereocenters. The van der Waals surface area contributed by atoms with Crippen molar-refractivity contribution in [2.75, 3.05) is 6.61 Å². The van der Waals surface area contributed by atoms with Crippen molar-refractivity contribution < 1.29 is 44.5 Å². The first kappa shape index (κ1) is 21.1. The van der Waals surface area contributed by atoms with Crippen molar-refractivity contribution in [1.82, 2.24) is 0 Å². The number of benzene rings is 2. The molecule has 31 heavy (non-hydrogen) atoms. The summed E-state index contributed by atoms with van der Waals surface area (Å²) in [4.78, 5) is 12.5. The Morgan fingerprint density at radius 3 is 2.32 bits per heavy atom. The molecule has 0 radical (unpaired) electrons. The molecule has 1 fully saturated rings. The van der Waals surface area contributed by atoms with Gasteiger partial charge in [-0.25, -0.2) is 0 Å². The Hall–Kier alpha value is -3.15. The van der Waals surface area contributed by atoms with Gasteiger partial charge < -0.3 is 44.5 Å². The third-order valence-corrected chi connectivity index (χ3v) is 5.08. The van der Waals surface area contributed by atoms with E-state index >= 15 is 0 Å². The van der Waals surface area contributed by atoms with Crippen molar-refractivity contribution in [2.45, 2.75) is 30.7 Å². The van der Waals surface area contributed by atoms with E-state index in [0.717, 1.165) is 6.07 Å². The molecule has 1 aliphatic heterocycles. The van der Waals surface area contributed by atoms with Crippen LogP contribution >= 0.6 is 0 Å². The van der Waals surface area contributed by atoms with Gasteiger partial charge in [-0.15, -0.1) is 0 Å². The van der Waals surface area contributed by atoms with Crippen molar-refractivity contribution in [3.63, 3.8) is 0 Å². The summed E-state index contributed by atoms with van der Waals surface area (Å²) in [5.74, 6) is -1.82. The minimum atomic E-state index is -1.74. The smallest absolute Gasteiger partial charge is 0.229 e. The first-order chi connectivity index (χ1) is 14.8. The van der Waals surface area contributed by atoms with Crippen LogP contribution in [0.15, 0.2) is 51.7 Å². The zero-order chi connectivity index (χ0) is 22.3. The quantitative estimate of drug-likeness (QED) is 0.310. The SMILES string of the molecule is O=c1cc(-c2ccccc2)oc2cc(OC3O[C@H](CO)[C@@H](O)[C@H](O)[C@H]3O)c(O)c(O)c12. The highest BCUT2D eigenvalue weighted by atomic mass is 16.7. The highest BCUT2D eigenvalue weighted by Gasteiger charge is 2.45. The first-order valence-electron chi connectivity index (χ1n) is 9.37. The second-order valence-electron chi connectivity index (χ2n) is 7.10. The molecule has 1 unspecified atom stereocenters. The molecule has 3 aromatic rings. The predicted molar refractivity (Wildman–Crippen MR) is 106 cm³/mol. The molecule has 6 N–H and O–H groups in total. The first-order valence-corrected chi connectivity index (χ1v) is 9.37. The normalized spacial score (nSPS) is 26.1. The van der Waals surface area contributed by atoms with Gasteiger partial charge in [0.15, 0.2) is 16.9 Å². The lowest BCUT2D eigenvalue weighted by Crippen LogP contribution is -2.60. The van der Waals surface area contributed by atoms with E-state index in [1.807, 2.05) is 0 Å². The molecular weight excluding hydrogens is 412 g/mol. The van der Waals surface area contributed by atoms with Crippen molar-refractivity contribution in [3.8, 4) is 28.6 Å². The lowest BCUT2D eigenvalue weighted by atomic mass is 9.99. The van der Waals surface area contributed by atoms with E-state index in [1.54, 1.807) is 30.3 Å². The van der Waals surface area contributed by atoms with Gasteiger partial charge in [-0.2, -0.15) is 0 Å². The molecular formula is C21H20O10. The number of aliphatic hydroxyl groups is 4. The number of aliphatic hydroxyl groups excluding tert-OH is 4. The second-order valence-corrected chi connectivity index (χ2v) is 7.10. The molecule has 0 saturated carbocycles. The Kier molecular flexibility index (Phi) is 5.56. The maximum absolute atomic E-state index is 12.5. The number of hydrogen-bond donors (Lipinski definition) is 6. The number of fused-ring (bicyclic) bond motifs is 1. The summed E-state index contributed by atoms with van der Waals surface area (Å²) in [6, 6.07) is 11.0. The van der Waals surface area contributed by atoms with Crippen molar-refractivity contribution in [2.24, 2.45) is 0 Å². The Balaban J connectivity index is 1.76. The van der Waals surface area contributed by atoms with E-state index in [4.69, 9.17) is 13.9 Å². The Bertz CT molecular complexity index is 1140. The van der Waals surface area contributed by atoms with Gasteiger partial charge in [0.2, 0.25) is 12.0 Å². The van der Waals surface area contributed by atoms with Crippen LogP contribution in [0.3, 0.4) is 0 Å². The van der Waals surface area contributed by atoms with Gasteiger partial charge in [-0.3, -0.25) is 4.79 Å². The van der Waals surface area contributed by atoms with Crippen LogP contribution in [0.2, 0.25) is 0 Å². The molecule has 1 saturated heterocycles. The average Bonchev–Trinajstić information content (AvgIpc) is 2.77. The van der Waals surface area contributed by atoms with Crippen LogP contribution in [0, 0.1) is 0 Å². The number of phenols is 2. The zero-order valence-electron chi connectivity index (χ0n) is 16.0. The summed E-state index contributed by atoms with van der Waals surface area (Å²) in [5.41, 5.74) is -0.112. The molecule has 10 nitrogen and oxygen atoms in total. The molecule has 0 bridgehead atoms. The lowest BCUT2D eigenvalue weighted by Gasteiger charge is -2.39. The number of aromatic hydroxyl groups is 2. The van der Waals surface area contributed by atoms with Crippen molar-refractivity contribution >= 4 is 11.0 Å². The van der Waals surface area contributed by atoms with Crippen LogP contribution in [-0.4, -0.2) is 68.0 Å². The topological polar surface area (TPSA) is 170 Å². The van der Waals surface area contributed by atoms with E-state index in [1.165, 1.54) is 6.07 Å². The summed E-state index contributed by atoms with van der Waals surface area (Å²) >= 11 is 0. The third kappa shape index (κ3) is 3.71. The van der Waals surface area contributed by atoms with Crippen molar-refractivity contribution in [3.05, 3.63) is 52.7 Å². The number of ether oxygens (including phenoxy) is 2. The molecule has 1 aromatic heterocycles. The van der Waals surface area contributed by atoms with Crippen LogP contribution in [0.5, 0.6) is 17.2 Å². The van der Waals surface area contributed by atoms with Crippen LogP contribution in [-0.2, 0) is 4.74 Å². The molecule has 2 heterocycles. The van der Waals surface area contributed by atoms with Gasteiger partial charge in [0, 0.05) is 17.7 Å². The fourth-order valence-corrected chi connectivity index (χ4v) is 3.39. The van der Waals surface area contributed by atoms with Crippen LogP contribution in [0.1, 0.15) is 0 Å². The minimum Gasteiger partial charge on any atom is -0.504 e. The van der Waals surface area contributed by atoms with E-state index < -0.39 is 60.0 Å². The zero-order valence-corrected chi connectivity index (χ0v) is 16.0. The monoisotopic (exact) mass is 432 g/mol. The highest BCUT2D eigenvalue weighted by Crippen LogP contribution is 2.42. The molecule has 10 heteroatoms. The van der Waals surface area contributed by atoms with Gasteiger partial charge in [0.05, 0.1) is 6.61 Å². The van der Waals surface area contributed by atoms with Gasteiger partial charge in [-0.1, -0.05) is 30.3 Å². The third-order valence-electron chi connectivity index (χ3n) is 5.08. The average molecular weight is 432 g/mol. The standard InChI is InChI=1S/C21H20O10/c22-8-14-17(25)19(27)20(28)21(31-14)30-13-7-12-15(18(26)16(13)24)10(23)6-11(29-12)9-4-2-1-3-5-9/h1-7,14,17,19-22,24-28H,8H2/t14-,17-,19+,20-,21?/m1/s1. The largest absolute Gasteiger partial charge is 0.504 e. The molecule has 2 aromatic carbocycles. The van der Waals surface area contributed by atoms with Crippen LogP contribution in [0.4, 0.5) is 0 Å². The minimum absolute atomic E-state index is 0.110. The molecule has 0 spiro atoms. The number of rotatable bonds is 4. The fourth-order valence-electron chi connectivity index (χ4n) is 3.39. The van der Waals surface area contributed by atoms with Crippen LogP contribution in [0.25, 0.3) is 22.3 Å². The molecule has 4 rings (SSSR count). The Morgan fingerprint density at radius 1 is 0.935 bits per heavy atom. The van der Waals surface area contributed by atoms with Gasteiger partial charge in [0.25, 0.3) is 0 Å². The van der Waals surface area contributed by atoms with E-state index in [-0.39, 0.29) is 16.7 Å². The summed E-state index contributed by atoms with van der Waals surface area (Å²) in [7, 11) is 0. The number of phenolic OH excluding ortho intramolecular Hbond substituents is 2. The Labute approximate surface area is 174 Å². The fraction of sp³-hybridized carbons (Fsp3) is 0.286. The summed E-state index contributed by atoms with van der Waals surface area (Å²) in [6.07, 6.45) is -7.87. The summed E-state index contributed by atoms with van der Waals surface area (Å²) in [5, 5.41) is 59.6. The van der Waals surface area contributed by atoms with Gasteiger partial charge in [-0.05, 0) is 0 Å². The van der Waals surface area contributed by atoms with Gasteiger partial charge >= 0.3 is 0 Å². The van der Waals surface area contributed by atoms with E-state index in [2.05, 4.69) is 0 Å². The highest BCUT2D eigenvalue weighted by molar-refractivity contribution is 5.89. The summed E-state index contributed by atoms with van der Waals surface area (Å²) < 4.78 is 16.4. The summed E-state index contributed by atoms with van der Waals surface area (Å²) in [6.45, 7) is -0.672. The molecule has 164 valence electrons. The van der Waals surface area contributed by atoms with Crippen molar-refractivity contribution in [1.29, 1.82) is 0 Å². The van der Waals surface area contributed by atoms with Crippen LogP contribution < -0.4 is 10.2 Å². The maximum atomic E-state index is 12.5. The molecule has 0 amide bonds. The second kappa shape index (κ2) is 8.17.